The van der Waals surface area contributed by atoms with Crippen LogP contribution in [0, 0.1) is 13.8 Å². The molecule has 0 aliphatic carbocycles. The van der Waals surface area contributed by atoms with E-state index in [1.54, 1.807) is 32.8 Å². The second-order valence-corrected chi connectivity index (χ2v) is 7.48. The van der Waals surface area contributed by atoms with Crippen molar-refractivity contribution < 1.29 is 23.9 Å². The van der Waals surface area contributed by atoms with Crippen LogP contribution in [0.5, 0.6) is 0 Å². The Morgan fingerprint density at radius 1 is 1.18 bits per heavy atom. The summed E-state index contributed by atoms with van der Waals surface area (Å²) in [5.41, 5.74) is 3.02. The van der Waals surface area contributed by atoms with Gasteiger partial charge in [-0.25, -0.2) is 9.36 Å². The molecule has 2 rings (SSSR count). The smallest absolute Gasteiger partial charge is 0.409 e. The monoisotopic (exact) mass is 407 g/mol. The van der Waals surface area contributed by atoms with Crippen molar-refractivity contribution in [3.63, 3.8) is 0 Å². The molecule has 9 heteroatoms. The van der Waals surface area contributed by atoms with Gasteiger partial charge in [0.15, 0.2) is 0 Å². The quantitative estimate of drug-likeness (QED) is 0.482. The van der Waals surface area contributed by atoms with E-state index in [-0.39, 0.29) is 5.69 Å². The van der Waals surface area contributed by atoms with Crippen LogP contribution in [0.25, 0.3) is 0 Å². The molecule has 152 valence electrons. The lowest BCUT2D eigenvalue weighted by atomic mass is 10.1. The highest BCUT2D eigenvalue weighted by Crippen LogP contribution is 2.28. The molecular weight excluding hydrogens is 380 g/mol. The molecule has 0 saturated heterocycles. The topological polar surface area (TPSA) is 87.6 Å². The summed E-state index contributed by atoms with van der Waals surface area (Å²) in [6.45, 7) is 6.53. The Morgan fingerprint density at radius 2 is 1.82 bits per heavy atom. The number of aromatic carboxylic acids is 1. The minimum absolute atomic E-state index is 0.234. The lowest BCUT2D eigenvalue weighted by molar-refractivity contribution is -0.657. The number of anilines is 1. The maximum absolute atomic E-state index is 11.3. The van der Waals surface area contributed by atoms with Crippen molar-refractivity contribution in [1.82, 2.24) is 0 Å². The van der Waals surface area contributed by atoms with Crippen molar-refractivity contribution in [3.8, 4) is 0 Å². The van der Waals surface area contributed by atoms with Gasteiger partial charge in [-0.2, -0.15) is 0 Å². The predicted molar refractivity (Wildman–Crippen MR) is 109 cm³/mol. The summed E-state index contributed by atoms with van der Waals surface area (Å²) >= 11 is 1.31. The fraction of sp³-hybridized carbons (Fsp3) is 0.474. The molecule has 1 heterocycles. The molecule has 1 aromatic carbocycles. The summed E-state index contributed by atoms with van der Waals surface area (Å²) in [4.78, 5) is 14.2. The number of carboxylic acid groups (broad SMARTS) is 1. The third kappa shape index (κ3) is 5.34. The molecule has 0 aliphatic rings. The summed E-state index contributed by atoms with van der Waals surface area (Å²) in [5, 5.41) is 18.4. The predicted octanol–water partition coefficient (Wildman–Crippen LogP) is 3.40. The molecule has 0 saturated carbocycles. The number of benzene rings is 1. The molecule has 8 nitrogen and oxygen atoms in total. The van der Waals surface area contributed by atoms with Crippen LogP contribution in [0.15, 0.2) is 28.4 Å². The van der Waals surface area contributed by atoms with Crippen molar-refractivity contribution in [2.75, 3.05) is 45.4 Å². The van der Waals surface area contributed by atoms with E-state index in [0.29, 0.717) is 23.2 Å². The molecule has 1 N–H and O–H groups in total. The standard InChI is InChI=1S/C19H26N4O4S/c1-13-12-15(23(8-10-26-4)9-11-27-5)6-7-16(13)20-21-19-22(3)17(18(24)25)14(2)28-19/h6-7,12H,8-11H2,1-5H3/p+1. The molecule has 2 aromatic rings. The van der Waals surface area contributed by atoms with Gasteiger partial charge >= 0.3 is 11.1 Å². The first kappa shape index (κ1) is 21.9. The number of carboxylic acids is 1. The second-order valence-electron chi connectivity index (χ2n) is 6.30. The van der Waals surface area contributed by atoms with E-state index in [2.05, 4.69) is 21.2 Å². The highest BCUT2D eigenvalue weighted by atomic mass is 32.1. The molecule has 0 atom stereocenters. The van der Waals surface area contributed by atoms with Gasteiger partial charge in [-0.05, 0) is 54.1 Å². The molecule has 0 bridgehead atoms. The van der Waals surface area contributed by atoms with E-state index in [1.165, 1.54) is 11.3 Å². The van der Waals surface area contributed by atoms with Gasteiger partial charge in [0.2, 0.25) is 5.69 Å². The van der Waals surface area contributed by atoms with E-state index < -0.39 is 5.97 Å². The Morgan fingerprint density at radius 3 is 2.32 bits per heavy atom. The van der Waals surface area contributed by atoms with Crippen LogP contribution >= 0.6 is 11.3 Å². The van der Waals surface area contributed by atoms with Crippen molar-refractivity contribution >= 4 is 33.8 Å². The van der Waals surface area contributed by atoms with Crippen LogP contribution in [0.1, 0.15) is 20.9 Å². The normalized spacial score (nSPS) is 11.3. The first-order valence-electron chi connectivity index (χ1n) is 8.87. The molecule has 0 amide bonds. The van der Waals surface area contributed by atoms with Crippen molar-refractivity contribution in [2.24, 2.45) is 17.3 Å². The molecule has 1 aromatic heterocycles. The fourth-order valence-electron chi connectivity index (χ4n) is 2.79. The first-order chi connectivity index (χ1) is 13.4. The van der Waals surface area contributed by atoms with Gasteiger partial charge in [-0.3, -0.25) is 0 Å². The summed E-state index contributed by atoms with van der Waals surface area (Å²) in [6, 6.07) is 5.97. The zero-order valence-electron chi connectivity index (χ0n) is 16.9. The van der Waals surface area contributed by atoms with Gasteiger partial charge in [0, 0.05) is 33.0 Å². The SMILES string of the molecule is COCCN(CCOC)c1ccc(N=Nc2sc(C)c(C(=O)O)[n+]2C)c(C)c1. The van der Waals surface area contributed by atoms with Gasteiger partial charge in [0.25, 0.3) is 0 Å². The maximum Gasteiger partial charge on any atom is 0.409 e. The van der Waals surface area contributed by atoms with Gasteiger partial charge < -0.3 is 19.5 Å². The molecule has 0 aliphatic heterocycles. The lowest BCUT2D eigenvalue weighted by Gasteiger charge is -2.24. The van der Waals surface area contributed by atoms with Crippen LogP contribution in [0.4, 0.5) is 16.5 Å². The van der Waals surface area contributed by atoms with Gasteiger partial charge in [0.05, 0.1) is 30.3 Å². The molecule has 0 spiro atoms. The van der Waals surface area contributed by atoms with Gasteiger partial charge in [-0.1, -0.05) is 0 Å². The van der Waals surface area contributed by atoms with Crippen molar-refractivity contribution in [2.45, 2.75) is 13.8 Å². The number of ether oxygens (including phenoxy) is 2. The zero-order valence-corrected chi connectivity index (χ0v) is 17.7. The number of carbonyl (C=O) groups is 1. The number of azo groups is 1. The third-order valence-corrected chi connectivity index (χ3v) is 5.36. The maximum atomic E-state index is 11.3. The molecular formula is C19H27N4O4S+. The van der Waals surface area contributed by atoms with Crippen molar-refractivity contribution in [3.05, 3.63) is 34.3 Å². The van der Waals surface area contributed by atoms with E-state index >= 15 is 0 Å². The van der Waals surface area contributed by atoms with Crippen LogP contribution in [-0.2, 0) is 16.5 Å². The highest BCUT2D eigenvalue weighted by molar-refractivity contribution is 7.15. The number of hydrogen-bond acceptors (Lipinski definition) is 7. The minimum atomic E-state index is -0.967. The molecule has 0 fully saturated rings. The minimum Gasteiger partial charge on any atom is -0.475 e. The Kier molecular flexibility index (Phi) is 8.04. The van der Waals surface area contributed by atoms with Crippen molar-refractivity contribution in [1.29, 1.82) is 0 Å². The van der Waals surface area contributed by atoms with E-state index in [0.717, 1.165) is 30.0 Å². The number of hydrogen-bond donors (Lipinski definition) is 1. The highest BCUT2D eigenvalue weighted by Gasteiger charge is 2.25. The van der Waals surface area contributed by atoms with Crippen LogP contribution in [0.3, 0.4) is 0 Å². The Hall–Kier alpha value is -2.36. The van der Waals surface area contributed by atoms with Crippen LogP contribution in [0.2, 0.25) is 0 Å². The Bertz CT molecular complexity index is 843. The number of thiazole rings is 1. The van der Waals surface area contributed by atoms with E-state index in [9.17, 15) is 9.90 Å². The number of methoxy groups -OCH3 is 2. The number of nitrogens with zero attached hydrogens (tertiary/aromatic N) is 4. The lowest BCUT2D eigenvalue weighted by Crippen LogP contribution is -2.33. The zero-order chi connectivity index (χ0) is 20.7. The summed E-state index contributed by atoms with van der Waals surface area (Å²) < 4.78 is 11.9. The van der Waals surface area contributed by atoms with E-state index in [4.69, 9.17) is 9.47 Å². The Balaban J connectivity index is 2.23. The number of aromatic nitrogens is 1. The Labute approximate surface area is 169 Å². The number of aryl methyl sites for hydroxylation is 2. The molecule has 0 unspecified atom stereocenters. The van der Waals surface area contributed by atoms with Crippen LogP contribution < -0.4 is 9.47 Å². The van der Waals surface area contributed by atoms with E-state index in [1.807, 2.05) is 19.1 Å². The largest absolute Gasteiger partial charge is 0.475 e. The average molecular weight is 408 g/mol. The second kappa shape index (κ2) is 10.3. The summed E-state index contributed by atoms with van der Waals surface area (Å²) in [7, 11) is 5.05. The molecule has 28 heavy (non-hydrogen) atoms. The third-order valence-electron chi connectivity index (χ3n) is 4.32. The first-order valence-corrected chi connectivity index (χ1v) is 9.68. The van der Waals surface area contributed by atoms with Gasteiger partial charge in [0.1, 0.15) is 5.69 Å². The molecule has 0 radical (unpaired) electrons. The average Bonchev–Trinajstić information content (AvgIpc) is 2.94. The fourth-order valence-corrected chi connectivity index (χ4v) is 3.69. The van der Waals surface area contributed by atoms with Crippen LogP contribution in [-0.4, -0.2) is 51.6 Å². The summed E-state index contributed by atoms with van der Waals surface area (Å²) in [5.74, 6) is -0.967. The number of rotatable bonds is 10. The van der Waals surface area contributed by atoms with Gasteiger partial charge in [-0.15, -0.1) is 0 Å². The summed E-state index contributed by atoms with van der Waals surface area (Å²) in [6.07, 6.45) is 0.